The van der Waals surface area contributed by atoms with Crippen molar-refractivity contribution in [3.63, 3.8) is 0 Å². The maximum absolute atomic E-state index is 11.4. The summed E-state index contributed by atoms with van der Waals surface area (Å²) in [6.45, 7) is 0.256. The normalized spacial score (nSPS) is 18.1. The van der Waals surface area contributed by atoms with Gasteiger partial charge in [-0.1, -0.05) is 0 Å². The highest BCUT2D eigenvalue weighted by Crippen LogP contribution is 2.46. The average molecular weight is 168 g/mol. The minimum atomic E-state index is -0.746. The first-order chi connectivity index (χ1) is 5.66. The lowest BCUT2D eigenvalue weighted by Crippen LogP contribution is -2.35. The largest absolute Gasteiger partial charge is 0.395 e. The van der Waals surface area contributed by atoms with Gasteiger partial charge < -0.3 is 10.0 Å². The van der Waals surface area contributed by atoms with E-state index in [0.29, 0.717) is 19.4 Å². The molecule has 0 spiro atoms. The van der Waals surface area contributed by atoms with E-state index in [2.05, 4.69) is 0 Å². The predicted molar refractivity (Wildman–Crippen MR) is 42.0 cm³/mol. The van der Waals surface area contributed by atoms with Crippen LogP contribution >= 0.6 is 0 Å². The fourth-order valence-electron chi connectivity index (χ4n) is 1.12. The highest BCUT2D eigenvalue weighted by Gasteiger charge is 2.51. The van der Waals surface area contributed by atoms with Gasteiger partial charge in [0.1, 0.15) is 5.41 Å². The van der Waals surface area contributed by atoms with Gasteiger partial charge in [0.15, 0.2) is 0 Å². The summed E-state index contributed by atoms with van der Waals surface area (Å²) in [5.74, 6) is -0.154. The number of rotatable bonds is 3. The Labute approximate surface area is 71.4 Å². The van der Waals surface area contributed by atoms with Crippen molar-refractivity contribution in [2.45, 2.75) is 12.8 Å². The summed E-state index contributed by atoms with van der Waals surface area (Å²) >= 11 is 0. The lowest BCUT2D eigenvalue weighted by atomic mass is 10.1. The number of aliphatic hydroxyl groups is 1. The first kappa shape index (κ1) is 9.01. The quantitative estimate of drug-likeness (QED) is 0.631. The summed E-state index contributed by atoms with van der Waals surface area (Å²) in [6.07, 6.45) is 1.33. The van der Waals surface area contributed by atoms with Gasteiger partial charge in [-0.3, -0.25) is 4.79 Å². The van der Waals surface area contributed by atoms with Crippen LogP contribution in [0.1, 0.15) is 12.8 Å². The Morgan fingerprint density at radius 2 is 2.33 bits per heavy atom. The summed E-state index contributed by atoms with van der Waals surface area (Å²) < 4.78 is 0. The number of likely N-dealkylation sites (N-methyl/N-ethyl adjacent to an activating group) is 1. The van der Waals surface area contributed by atoms with Crippen molar-refractivity contribution in [1.82, 2.24) is 4.90 Å². The number of amides is 1. The van der Waals surface area contributed by atoms with Crippen molar-refractivity contribution in [1.29, 1.82) is 5.26 Å². The third-order valence-electron chi connectivity index (χ3n) is 2.16. The molecule has 66 valence electrons. The minimum absolute atomic E-state index is 0.0518. The van der Waals surface area contributed by atoms with Crippen LogP contribution in [-0.4, -0.2) is 36.1 Å². The molecule has 1 rings (SSSR count). The van der Waals surface area contributed by atoms with Crippen LogP contribution in [-0.2, 0) is 4.79 Å². The molecule has 0 aromatic rings. The molecular weight excluding hydrogens is 156 g/mol. The van der Waals surface area contributed by atoms with Crippen LogP contribution in [0.5, 0.6) is 0 Å². The first-order valence-electron chi connectivity index (χ1n) is 3.94. The van der Waals surface area contributed by atoms with Crippen molar-refractivity contribution in [2.24, 2.45) is 5.41 Å². The predicted octanol–water partition coefficient (Wildman–Crippen LogP) is -0.259. The summed E-state index contributed by atoms with van der Waals surface area (Å²) in [6, 6.07) is 2.02. The van der Waals surface area contributed by atoms with E-state index in [1.807, 2.05) is 6.07 Å². The van der Waals surface area contributed by atoms with Crippen molar-refractivity contribution in [3.05, 3.63) is 0 Å². The first-order valence-corrected chi connectivity index (χ1v) is 3.94. The zero-order chi connectivity index (χ0) is 9.19. The number of nitrogens with zero attached hydrogens (tertiary/aromatic N) is 2. The van der Waals surface area contributed by atoms with Gasteiger partial charge in [-0.15, -0.1) is 0 Å². The monoisotopic (exact) mass is 168 g/mol. The SMILES string of the molecule is CN(CCO)C(=O)C1(C#N)CC1. The van der Waals surface area contributed by atoms with Crippen LogP contribution in [0.4, 0.5) is 0 Å². The topological polar surface area (TPSA) is 64.3 Å². The molecule has 1 N–H and O–H groups in total. The zero-order valence-corrected chi connectivity index (χ0v) is 7.08. The van der Waals surface area contributed by atoms with Gasteiger partial charge in [0.25, 0.3) is 0 Å². The Morgan fingerprint density at radius 1 is 1.75 bits per heavy atom. The molecule has 0 bridgehead atoms. The van der Waals surface area contributed by atoms with Gasteiger partial charge >= 0.3 is 0 Å². The van der Waals surface area contributed by atoms with E-state index in [1.54, 1.807) is 7.05 Å². The second kappa shape index (κ2) is 3.11. The van der Waals surface area contributed by atoms with Crippen LogP contribution in [0.15, 0.2) is 0 Å². The molecule has 1 aliphatic rings. The fourth-order valence-corrected chi connectivity index (χ4v) is 1.12. The summed E-state index contributed by atoms with van der Waals surface area (Å²) in [5.41, 5.74) is -0.746. The molecule has 1 amide bonds. The molecule has 1 fully saturated rings. The Bertz CT molecular complexity index is 228. The van der Waals surface area contributed by atoms with Crippen LogP contribution < -0.4 is 0 Å². The Kier molecular flexibility index (Phi) is 2.34. The average Bonchev–Trinajstić information content (AvgIpc) is 2.84. The third kappa shape index (κ3) is 1.41. The molecule has 4 heteroatoms. The number of carbonyl (C=O) groups excluding carboxylic acids is 1. The molecule has 0 heterocycles. The van der Waals surface area contributed by atoms with E-state index in [0.717, 1.165) is 0 Å². The van der Waals surface area contributed by atoms with Gasteiger partial charge in [0, 0.05) is 13.6 Å². The number of hydrogen-bond acceptors (Lipinski definition) is 3. The second-order valence-corrected chi connectivity index (χ2v) is 3.14. The van der Waals surface area contributed by atoms with Crippen LogP contribution in [0.25, 0.3) is 0 Å². The Morgan fingerprint density at radius 3 is 2.67 bits per heavy atom. The molecular formula is C8H12N2O2. The van der Waals surface area contributed by atoms with E-state index in [9.17, 15) is 4.79 Å². The maximum atomic E-state index is 11.4. The van der Waals surface area contributed by atoms with E-state index in [1.165, 1.54) is 4.90 Å². The number of aliphatic hydroxyl groups excluding tert-OH is 1. The molecule has 1 aliphatic carbocycles. The van der Waals surface area contributed by atoms with Crippen LogP contribution in [0, 0.1) is 16.7 Å². The molecule has 0 radical (unpaired) electrons. The van der Waals surface area contributed by atoms with Crippen molar-refractivity contribution in [2.75, 3.05) is 20.2 Å². The van der Waals surface area contributed by atoms with Gasteiger partial charge in [-0.25, -0.2) is 0 Å². The molecule has 0 saturated heterocycles. The fraction of sp³-hybridized carbons (Fsp3) is 0.750. The van der Waals surface area contributed by atoms with E-state index < -0.39 is 5.41 Å². The van der Waals surface area contributed by atoms with Crippen molar-refractivity contribution >= 4 is 5.91 Å². The van der Waals surface area contributed by atoms with Gasteiger partial charge in [0.05, 0.1) is 12.7 Å². The molecule has 1 saturated carbocycles. The summed E-state index contributed by atoms with van der Waals surface area (Å²) in [5, 5.41) is 17.3. The standard InChI is InChI=1S/C8H12N2O2/c1-10(4-5-11)7(12)8(6-9)2-3-8/h11H,2-5H2,1H3. The van der Waals surface area contributed by atoms with E-state index in [4.69, 9.17) is 10.4 Å². The van der Waals surface area contributed by atoms with Crippen LogP contribution in [0.2, 0.25) is 0 Å². The maximum Gasteiger partial charge on any atom is 0.242 e. The third-order valence-corrected chi connectivity index (χ3v) is 2.16. The van der Waals surface area contributed by atoms with Gasteiger partial charge in [-0.05, 0) is 12.8 Å². The smallest absolute Gasteiger partial charge is 0.242 e. The van der Waals surface area contributed by atoms with Gasteiger partial charge in [0.2, 0.25) is 5.91 Å². The lowest BCUT2D eigenvalue weighted by molar-refractivity contribution is -0.134. The molecule has 12 heavy (non-hydrogen) atoms. The Hall–Kier alpha value is -1.08. The molecule has 0 unspecified atom stereocenters. The van der Waals surface area contributed by atoms with Crippen molar-refractivity contribution in [3.8, 4) is 6.07 Å². The van der Waals surface area contributed by atoms with E-state index >= 15 is 0 Å². The minimum Gasteiger partial charge on any atom is -0.395 e. The molecule has 0 aromatic carbocycles. The van der Waals surface area contributed by atoms with Gasteiger partial charge in [-0.2, -0.15) is 5.26 Å². The number of carbonyl (C=O) groups is 1. The van der Waals surface area contributed by atoms with E-state index in [-0.39, 0.29) is 12.5 Å². The molecule has 0 aliphatic heterocycles. The summed E-state index contributed by atoms with van der Waals surface area (Å²) in [4.78, 5) is 12.9. The number of nitriles is 1. The number of hydrogen-bond donors (Lipinski definition) is 1. The Balaban J connectivity index is 2.54. The zero-order valence-electron chi connectivity index (χ0n) is 7.08. The molecule has 0 atom stereocenters. The highest BCUT2D eigenvalue weighted by molar-refractivity contribution is 5.88. The lowest BCUT2D eigenvalue weighted by Gasteiger charge is -2.17. The second-order valence-electron chi connectivity index (χ2n) is 3.14. The van der Waals surface area contributed by atoms with Crippen molar-refractivity contribution < 1.29 is 9.90 Å². The summed E-state index contributed by atoms with van der Waals surface area (Å²) in [7, 11) is 1.61. The highest BCUT2D eigenvalue weighted by atomic mass is 16.3. The van der Waals surface area contributed by atoms with Crippen LogP contribution in [0.3, 0.4) is 0 Å². The molecule has 0 aromatic heterocycles. The molecule has 4 nitrogen and oxygen atoms in total.